The second kappa shape index (κ2) is 9.03. The third-order valence-corrected chi connectivity index (χ3v) is 4.91. The molecule has 10 heteroatoms. The van der Waals surface area contributed by atoms with Gasteiger partial charge in [0.15, 0.2) is 0 Å². The van der Waals surface area contributed by atoms with E-state index in [1.165, 1.54) is 4.68 Å². The minimum absolute atomic E-state index is 0.00343. The number of benzene rings is 1. The molecule has 3 aromatic heterocycles. The van der Waals surface area contributed by atoms with Crippen molar-refractivity contribution in [1.82, 2.24) is 24.7 Å². The highest BCUT2D eigenvalue weighted by Crippen LogP contribution is 2.28. The van der Waals surface area contributed by atoms with E-state index < -0.39 is 5.97 Å². The second-order valence-electron chi connectivity index (χ2n) is 7.08. The Labute approximate surface area is 189 Å². The van der Waals surface area contributed by atoms with Gasteiger partial charge in [0.05, 0.1) is 5.69 Å². The van der Waals surface area contributed by atoms with Gasteiger partial charge >= 0.3 is 5.97 Å². The lowest BCUT2D eigenvalue weighted by molar-refractivity contribution is 0.0458. The molecule has 32 heavy (non-hydrogen) atoms. The maximum Gasteiger partial charge on any atom is 0.357 e. The molecular formula is C22H20ClN7O2. The minimum Gasteiger partial charge on any atom is -0.456 e. The number of hydrogen-bond donors (Lipinski definition) is 2. The van der Waals surface area contributed by atoms with Gasteiger partial charge in [0.1, 0.15) is 29.6 Å². The largest absolute Gasteiger partial charge is 0.456 e. The molecule has 0 fully saturated rings. The third kappa shape index (κ3) is 4.68. The molecule has 0 saturated heterocycles. The quantitative estimate of drug-likeness (QED) is 0.338. The Kier molecular flexibility index (Phi) is 6.00. The zero-order chi connectivity index (χ0) is 22.7. The van der Waals surface area contributed by atoms with E-state index in [4.69, 9.17) is 27.8 Å². The third-order valence-electron chi connectivity index (χ3n) is 4.74. The van der Waals surface area contributed by atoms with Crippen LogP contribution in [0.3, 0.4) is 0 Å². The highest BCUT2D eigenvalue weighted by Gasteiger charge is 2.25. The fourth-order valence-corrected chi connectivity index (χ4v) is 3.48. The fraction of sp³-hybridized carbons (Fsp3) is 0.136. The molecule has 0 bridgehead atoms. The molecule has 0 amide bonds. The summed E-state index contributed by atoms with van der Waals surface area (Å²) in [5.41, 5.74) is 15.0. The van der Waals surface area contributed by atoms with Crippen molar-refractivity contribution in [3.63, 3.8) is 0 Å². The van der Waals surface area contributed by atoms with E-state index >= 15 is 0 Å². The topological polar surface area (TPSA) is 135 Å². The van der Waals surface area contributed by atoms with Crippen molar-refractivity contribution >= 4 is 29.2 Å². The van der Waals surface area contributed by atoms with Crippen LogP contribution in [-0.4, -0.2) is 30.7 Å². The molecule has 0 atom stereocenters. The summed E-state index contributed by atoms with van der Waals surface area (Å²) in [4.78, 5) is 25.2. The Morgan fingerprint density at radius 2 is 1.84 bits per heavy atom. The number of nitrogens with two attached hydrogens (primary N) is 2. The molecule has 3 heterocycles. The van der Waals surface area contributed by atoms with Crippen LogP contribution in [0.25, 0.3) is 11.4 Å². The molecule has 0 radical (unpaired) electrons. The van der Waals surface area contributed by atoms with Crippen molar-refractivity contribution in [2.45, 2.75) is 13.0 Å². The van der Waals surface area contributed by atoms with Crippen molar-refractivity contribution in [3.8, 4) is 11.4 Å². The summed E-state index contributed by atoms with van der Waals surface area (Å²) < 4.78 is 7.02. The van der Waals surface area contributed by atoms with Gasteiger partial charge in [-0.3, -0.25) is 4.68 Å². The number of anilines is 2. The smallest absolute Gasteiger partial charge is 0.357 e. The minimum atomic E-state index is -0.526. The number of halogens is 1. The summed E-state index contributed by atoms with van der Waals surface area (Å²) in [5.74, 6) is 0.0720. The summed E-state index contributed by atoms with van der Waals surface area (Å²) in [6, 6.07) is 14.7. The maximum absolute atomic E-state index is 13.1. The Balaban J connectivity index is 1.72. The van der Waals surface area contributed by atoms with Crippen molar-refractivity contribution in [1.29, 1.82) is 0 Å². The van der Waals surface area contributed by atoms with Crippen LogP contribution in [0.2, 0.25) is 5.28 Å². The van der Waals surface area contributed by atoms with Crippen molar-refractivity contribution in [2.75, 3.05) is 11.5 Å². The number of hydrogen-bond acceptors (Lipinski definition) is 8. The Morgan fingerprint density at radius 1 is 1.06 bits per heavy atom. The molecule has 9 nitrogen and oxygen atoms in total. The van der Waals surface area contributed by atoms with Gasteiger partial charge in [0.25, 0.3) is 0 Å². The Hall–Kier alpha value is -3.98. The van der Waals surface area contributed by atoms with E-state index in [0.29, 0.717) is 34.9 Å². The van der Waals surface area contributed by atoms with Crippen molar-refractivity contribution in [2.24, 2.45) is 7.05 Å². The van der Waals surface area contributed by atoms with E-state index in [1.807, 2.05) is 30.3 Å². The van der Waals surface area contributed by atoms with Crippen molar-refractivity contribution in [3.05, 3.63) is 82.4 Å². The van der Waals surface area contributed by atoms with Gasteiger partial charge in [0.2, 0.25) is 5.28 Å². The zero-order valence-electron chi connectivity index (χ0n) is 17.2. The van der Waals surface area contributed by atoms with Gasteiger partial charge in [-0.1, -0.05) is 36.4 Å². The van der Waals surface area contributed by atoms with Gasteiger partial charge in [-0.15, -0.1) is 0 Å². The highest BCUT2D eigenvalue weighted by atomic mass is 35.5. The molecule has 1 aromatic carbocycles. The number of esters is 1. The van der Waals surface area contributed by atoms with Gasteiger partial charge < -0.3 is 16.2 Å². The first-order valence-corrected chi connectivity index (χ1v) is 10.1. The summed E-state index contributed by atoms with van der Waals surface area (Å²) in [6.07, 6.45) is 1.99. The first kappa shape index (κ1) is 21.3. The van der Waals surface area contributed by atoms with Crippen LogP contribution in [0.4, 0.5) is 11.6 Å². The van der Waals surface area contributed by atoms with Crippen LogP contribution >= 0.6 is 11.6 Å². The van der Waals surface area contributed by atoms with E-state index in [1.54, 1.807) is 31.4 Å². The lowest BCUT2D eigenvalue weighted by atomic mass is 10.0. The first-order valence-electron chi connectivity index (χ1n) is 9.68. The SMILES string of the molecule is Cn1nc(-c2cc(N)nc(Cl)n2)c(Cc2ccccc2)c1C(=O)OCc1ccc(N)nc1. The molecular weight excluding hydrogens is 430 g/mol. The van der Waals surface area contributed by atoms with Crippen LogP contribution in [0.1, 0.15) is 27.2 Å². The van der Waals surface area contributed by atoms with E-state index in [9.17, 15) is 4.79 Å². The summed E-state index contributed by atoms with van der Waals surface area (Å²) in [7, 11) is 1.67. The highest BCUT2D eigenvalue weighted by molar-refractivity contribution is 6.28. The van der Waals surface area contributed by atoms with Gasteiger partial charge in [0, 0.05) is 36.9 Å². The normalized spacial score (nSPS) is 10.8. The van der Waals surface area contributed by atoms with Gasteiger partial charge in [-0.2, -0.15) is 5.10 Å². The predicted molar refractivity (Wildman–Crippen MR) is 121 cm³/mol. The van der Waals surface area contributed by atoms with Crippen LogP contribution in [0.5, 0.6) is 0 Å². The number of rotatable bonds is 6. The number of pyridine rings is 1. The molecule has 4 aromatic rings. The lowest BCUT2D eigenvalue weighted by Gasteiger charge is -2.09. The zero-order valence-corrected chi connectivity index (χ0v) is 18.0. The maximum atomic E-state index is 13.1. The molecule has 4 rings (SSSR count). The lowest BCUT2D eigenvalue weighted by Crippen LogP contribution is -2.13. The van der Waals surface area contributed by atoms with E-state index in [2.05, 4.69) is 20.1 Å². The Bertz CT molecular complexity index is 1240. The Morgan fingerprint density at radius 3 is 2.53 bits per heavy atom. The summed E-state index contributed by atoms with van der Waals surface area (Å²) >= 11 is 6.01. The van der Waals surface area contributed by atoms with Crippen LogP contribution < -0.4 is 11.5 Å². The monoisotopic (exact) mass is 449 g/mol. The van der Waals surface area contributed by atoms with E-state index in [-0.39, 0.29) is 17.7 Å². The average Bonchev–Trinajstić information content (AvgIpc) is 3.09. The average molecular weight is 450 g/mol. The number of carbonyl (C=O) groups excluding carboxylic acids is 1. The second-order valence-corrected chi connectivity index (χ2v) is 7.41. The molecule has 4 N–H and O–H groups in total. The molecule has 162 valence electrons. The number of carbonyl (C=O) groups is 1. The van der Waals surface area contributed by atoms with Gasteiger partial charge in [-0.05, 0) is 23.2 Å². The molecule has 0 aliphatic rings. The van der Waals surface area contributed by atoms with E-state index in [0.717, 1.165) is 11.1 Å². The number of nitrogen functional groups attached to an aromatic ring is 2. The number of ether oxygens (including phenoxy) is 1. The van der Waals surface area contributed by atoms with Crippen LogP contribution in [-0.2, 0) is 24.8 Å². The molecule has 0 saturated carbocycles. The molecule has 0 aliphatic carbocycles. The van der Waals surface area contributed by atoms with Crippen molar-refractivity contribution < 1.29 is 9.53 Å². The van der Waals surface area contributed by atoms with Crippen LogP contribution in [0.15, 0.2) is 54.7 Å². The predicted octanol–water partition coefficient (Wildman–Crippen LogP) is 3.04. The number of nitrogens with zero attached hydrogens (tertiary/aromatic N) is 5. The molecule has 0 aliphatic heterocycles. The molecule has 0 unspecified atom stereocenters. The first-order chi connectivity index (χ1) is 15.4. The number of aromatic nitrogens is 5. The summed E-state index contributed by atoms with van der Waals surface area (Å²) in [5, 5.41) is 4.53. The summed E-state index contributed by atoms with van der Waals surface area (Å²) in [6.45, 7) is 0.0453. The van der Waals surface area contributed by atoms with Crippen LogP contribution in [0, 0.1) is 0 Å². The molecule has 0 spiro atoms. The fourth-order valence-electron chi connectivity index (χ4n) is 3.29. The number of aryl methyl sites for hydroxylation is 1. The van der Waals surface area contributed by atoms with Gasteiger partial charge in [-0.25, -0.2) is 19.7 Å². The standard InChI is InChI=1S/C22H20ClN7O2/c1-30-20(21(31)32-12-14-7-8-17(24)26-11-14)15(9-13-5-3-2-4-6-13)19(29-30)16-10-18(25)28-22(23)27-16/h2-8,10-11H,9,12H2,1H3,(H2,24,26)(H2,25,27,28).